The smallest absolute Gasteiger partial charge is 0.263 e. The fourth-order valence-electron chi connectivity index (χ4n) is 2.63. The normalized spacial score (nSPS) is 13.0. The largest absolute Gasteiger partial charge is 0.497 e. The molecule has 0 saturated heterocycles. The Morgan fingerprint density at radius 1 is 1.11 bits per heavy atom. The molecular formula is C20H25N3O4S. The zero-order valence-corrected chi connectivity index (χ0v) is 17.4. The van der Waals surface area contributed by atoms with Crippen LogP contribution in [0.1, 0.15) is 25.0 Å². The van der Waals surface area contributed by atoms with Gasteiger partial charge in [-0.2, -0.15) is 5.10 Å². The summed E-state index contributed by atoms with van der Waals surface area (Å²) in [6.07, 6.45) is 1.06. The molecule has 1 atom stereocenters. The van der Waals surface area contributed by atoms with Crippen molar-refractivity contribution in [2.75, 3.05) is 17.7 Å². The lowest BCUT2D eigenvalue weighted by Gasteiger charge is -2.27. The Bertz CT molecular complexity index is 952. The lowest BCUT2D eigenvalue weighted by molar-refractivity contribution is -0.121. The summed E-state index contributed by atoms with van der Waals surface area (Å²) < 4.78 is 30.8. The summed E-state index contributed by atoms with van der Waals surface area (Å²) in [5.41, 5.74) is 5.44. The molecule has 2 aromatic carbocycles. The van der Waals surface area contributed by atoms with E-state index in [1.165, 1.54) is 14.0 Å². The summed E-state index contributed by atoms with van der Waals surface area (Å²) in [5.74, 6) is 0.0559. The third-order valence-corrected chi connectivity index (χ3v) is 5.46. The molecule has 0 fully saturated rings. The van der Waals surface area contributed by atoms with Gasteiger partial charge in [0, 0.05) is 0 Å². The van der Waals surface area contributed by atoms with Crippen molar-refractivity contribution in [1.82, 2.24) is 5.43 Å². The second-order valence-corrected chi connectivity index (χ2v) is 8.33. The standard InChI is InChI=1S/C20H25N3O4S/c1-14-6-8-17(9-7-14)15(2)21-22-20(24)16(3)23(28(5,25)26)18-10-12-19(27-4)13-11-18/h6-13,16H,1-5H3,(H,22,24)/b21-15-/t16-/m1/s1. The Hall–Kier alpha value is -2.87. The number of ether oxygens (including phenoxy) is 1. The molecule has 0 aliphatic carbocycles. The summed E-state index contributed by atoms with van der Waals surface area (Å²) in [7, 11) is -2.17. The van der Waals surface area contributed by atoms with Crippen molar-refractivity contribution in [3.63, 3.8) is 0 Å². The van der Waals surface area contributed by atoms with Crippen molar-refractivity contribution in [3.05, 3.63) is 59.7 Å². The maximum Gasteiger partial charge on any atom is 0.263 e. The predicted molar refractivity (Wildman–Crippen MR) is 111 cm³/mol. The fraction of sp³-hybridized carbons (Fsp3) is 0.300. The van der Waals surface area contributed by atoms with E-state index in [1.54, 1.807) is 31.2 Å². The van der Waals surface area contributed by atoms with Gasteiger partial charge < -0.3 is 4.74 Å². The molecule has 2 rings (SSSR count). The van der Waals surface area contributed by atoms with Crippen LogP contribution >= 0.6 is 0 Å². The molecule has 0 saturated carbocycles. The van der Waals surface area contributed by atoms with Crippen molar-refractivity contribution in [3.8, 4) is 5.75 Å². The number of sulfonamides is 1. The molecular weight excluding hydrogens is 378 g/mol. The molecule has 0 aromatic heterocycles. The number of rotatable bonds is 7. The minimum atomic E-state index is -3.69. The molecule has 150 valence electrons. The van der Waals surface area contributed by atoms with E-state index >= 15 is 0 Å². The van der Waals surface area contributed by atoms with E-state index in [0.717, 1.165) is 21.7 Å². The number of methoxy groups -OCH3 is 1. The Labute approximate surface area is 166 Å². The minimum absolute atomic E-state index is 0.366. The van der Waals surface area contributed by atoms with Crippen LogP contribution in [0.25, 0.3) is 0 Å². The first-order chi connectivity index (χ1) is 13.1. The molecule has 0 spiro atoms. The lowest BCUT2D eigenvalue weighted by atomic mass is 10.1. The van der Waals surface area contributed by atoms with Gasteiger partial charge in [-0.1, -0.05) is 29.8 Å². The van der Waals surface area contributed by atoms with E-state index in [2.05, 4.69) is 10.5 Å². The minimum Gasteiger partial charge on any atom is -0.497 e. The molecule has 7 nitrogen and oxygen atoms in total. The number of hydrazone groups is 1. The van der Waals surface area contributed by atoms with Crippen molar-refractivity contribution >= 4 is 27.3 Å². The highest BCUT2D eigenvalue weighted by Gasteiger charge is 2.29. The average molecular weight is 404 g/mol. The third-order valence-electron chi connectivity index (χ3n) is 4.22. The summed E-state index contributed by atoms with van der Waals surface area (Å²) in [6.45, 7) is 5.27. The van der Waals surface area contributed by atoms with Crippen LogP contribution in [0.3, 0.4) is 0 Å². The number of carbonyl (C=O) groups excluding carboxylic acids is 1. The Morgan fingerprint density at radius 3 is 2.18 bits per heavy atom. The summed E-state index contributed by atoms with van der Waals surface area (Å²) in [4.78, 5) is 12.6. The van der Waals surface area contributed by atoms with Crippen LogP contribution in [0.15, 0.2) is 53.6 Å². The number of carbonyl (C=O) groups is 1. The molecule has 2 aromatic rings. The van der Waals surface area contributed by atoms with E-state index in [9.17, 15) is 13.2 Å². The molecule has 0 heterocycles. The zero-order valence-electron chi connectivity index (χ0n) is 16.6. The van der Waals surface area contributed by atoms with Crippen molar-refractivity contribution < 1.29 is 17.9 Å². The van der Waals surface area contributed by atoms with Gasteiger partial charge in [-0.15, -0.1) is 0 Å². The van der Waals surface area contributed by atoms with Gasteiger partial charge >= 0.3 is 0 Å². The lowest BCUT2D eigenvalue weighted by Crippen LogP contribution is -2.46. The average Bonchev–Trinajstić information content (AvgIpc) is 2.66. The topological polar surface area (TPSA) is 88.1 Å². The molecule has 0 unspecified atom stereocenters. The van der Waals surface area contributed by atoms with Crippen LogP contribution in [0.4, 0.5) is 5.69 Å². The number of hydrogen-bond donors (Lipinski definition) is 1. The molecule has 0 aliphatic heterocycles. The van der Waals surface area contributed by atoms with Gasteiger partial charge in [-0.05, 0) is 50.6 Å². The van der Waals surface area contributed by atoms with E-state index in [-0.39, 0.29) is 0 Å². The number of hydrogen-bond acceptors (Lipinski definition) is 5. The highest BCUT2D eigenvalue weighted by molar-refractivity contribution is 7.92. The first-order valence-corrected chi connectivity index (χ1v) is 10.5. The van der Waals surface area contributed by atoms with Crippen LogP contribution in [-0.4, -0.2) is 39.4 Å². The van der Waals surface area contributed by atoms with Crippen LogP contribution in [0.2, 0.25) is 0 Å². The zero-order chi connectivity index (χ0) is 20.9. The van der Waals surface area contributed by atoms with Gasteiger partial charge in [0.1, 0.15) is 11.8 Å². The van der Waals surface area contributed by atoms with Crippen LogP contribution in [0, 0.1) is 6.92 Å². The third kappa shape index (κ3) is 5.32. The molecule has 28 heavy (non-hydrogen) atoms. The highest BCUT2D eigenvalue weighted by Crippen LogP contribution is 2.23. The van der Waals surface area contributed by atoms with Crippen molar-refractivity contribution in [1.29, 1.82) is 0 Å². The van der Waals surface area contributed by atoms with E-state index in [4.69, 9.17) is 4.74 Å². The summed E-state index contributed by atoms with van der Waals surface area (Å²) in [5, 5.41) is 4.11. The van der Waals surface area contributed by atoms with Crippen LogP contribution in [-0.2, 0) is 14.8 Å². The highest BCUT2D eigenvalue weighted by atomic mass is 32.2. The first kappa shape index (κ1) is 21.4. The second-order valence-electron chi connectivity index (χ2n) is 6.47. The van der Waals surface area contributed by atoms with Crippen LogP contribution in [0.5, 0.6) is 5.75 Å². The molecule has 0 bridgehead atoms. The Kier molecular flexibility index (Phi) is 6.80. The van der Waals surface area contributed by atoms with E-state index < -0.39 is 22.0 Å². The molecule has 0 aliphatic rings. The van der Waals surface area contributed by atoms with Gasteiger partial charge in [-0.25, -0.2) is 13.8 Å². The molecule has 1 N–H and O–H groups in total. The van der Waals surface area contributed by atoms with Gasteiger partial charge in [-0.3, -0.25) is 9.10 Å². The van der Waals surface area contributed by atoms with Gasteiger partial charge in [0.05, 0.1) is 24.8 Å². The van der Waals surface area contributed by atoms with Gasteiger partial charge in [0.15, 0.2) is 0 Å². The number of aryl methyl sites for hydroxylation is 1. The summed E-state index contributed by atoms with van der Waals surface area (Å²) in [6, 6.07) is 13.2. The number of anilines is 1. The Morgan fingerprint density at radius 2 is 1.68 bits per heavy atom. The van der Waals surface area contributed by atoms with Gasteiger partial charge in [0.2, 0.25) is 10.0 Å². The SMILES string of the molecule is COc1ccc(N([C@H](C)C(=O)N/N=C(/C)c2ccc(C)cc2)S(C)(=O)=O)cc1. The van der Waals surface area contributed by atoms with Crippen molar-refractivity contribution in [2.24, 2.45) is 5.10 Å². The number of benzene rings is 2. The number of nitrogens with one attached hydrogen (secondary N) is 1. The second kappa shape index (κ2) is 8.88. The number of nitrogens with zero attached hydrogens (tertiary/aromatic N) is 2. The maximum atomic E-state index is 12.6. The van der Waals surface area contributed by atoms with Gasteiger partial charge in [0.25, 0.3) is 5.91 Å². The van der Waals surface area contributed by atoms with Crippen molar-refractivity contribution in [2.45, 2.75) is 26.8 Å². The van der Waals surface area contributed by atoms with E-state index in [1.807, 2.05) is 31.2 Å². The molecule has 0 radical (unpaired) electrons. The Balaban J connectivity index is 2.21. The van der Waals surface area contributed by atoms with E-state index in [0.29, 0.717) is 17.1 Å². The fourth-order valence-corrected chi connectivity index (χ4v) is 3.80. The predicted octanol–water partition coefficient (Wildman–Crippen LogP) is 2.70. The molecule has 8 heteroatoms. The first-order valence-electron chi connectivity index (χ1n) is 8.68. The maximum absolute atomic E-state index is 12.6. The monoisotopic (exact) mass is 403 g/mol. The summed E-state index contributed by atoms with van der Waals surface area (Å²) >= 11 is 0. The van der Waals surface area contributed by atoms with Crippen LogP contribution < -0.4 is 14.5 Å². The quantitative estimate of drug-likeness (QED) is 0.569. The molecule has 1 amide bonds. The number of amides is 1.